The molecule has 1 aromatic rings. The lowest BCUT2D eigenvalue weighted by atomic mass is 9.84. The van der Waals surface area contributed by atoms with Crippen LogP contribution in [0.5, 0.6) is 0 Å². The topological polar surface area (TPSA) is 81.6 Å². The Morgan fingerprint density at radius 3 is 2.37 bits per heavy atom. The van der Waals surface area contributed by atoms with Gasteiger partial charge in [0.2, 0.25) is 5.91 Å². The minimum absolute atomic E-state index is 0.0528. The van der Waals surface area contributed by atoms with Crippen LogP contribution in [0.3, 0.4) is 0 Å². The molecule has 1 saturated carbocycles. The molecule has 1 aliphatic carbocycles. The fourth-order valence-electron chi connectivity index (χ4n) is 4.51. The molecule has 7 nitrogen and oxygen atoms in total. The molecule has 0 spiro atoms. The number of carbonyl (C=O) groups excluding carboxylic acids is 1. The number of hydrogen-bond donors (Lipinski definition) is 2. The molecule has 30 heavy (non-hydrogen) atoms. The summed E-state index contributed by atoms with van der Waals surface area (Å²) in [5, 5.41) is 12.7. The summed E-state index contributed by atoms with van der Waals surface area (Å²) in [6.07, 6.45) is 5.95. The molecule has 1 aliphatic heterocycles. The number of nitrogens with one attached hydrogen (secondary N) is 1. The van der Waals surface area contributed by atoms with Crippen molar-refractivity contribution in [3.63, 3.8) is 0 Å². The zero-order chi connectivity index (χ0) is 21.7. The first kappa shape index (κ1) is 22.9. The Bertz CT molecular complexity index is 702. The van der Waals surface area contributed by atoms with E-state index < -0.39 is 0 Å². The van der Waals surface area contributed by atoms with Gasteiger partial charge in [-0.1, -0.05) is 20.8 Å². The predicted octanol–water partition coefficient (Wildman–Crippen LogP) is 2.47. The fraction of sp³-hybridized carbons (Fsp3) is 0.783. The fourth-order valence-corrected chi connectivity index (χ4v) is 4.51. The molecule has 0 radical (unpaired) electrons. The van der Waals surface area contributed by atoms with Crippen LogP contribution >= 0.6 is 0 Å². The van der Waals surface area contributed by atoms with Gasteiger partial charge in [0.15, 0.2) is 0 Å². The second-order valence-corrected chi connectivity index (χ2v) is 9.98. The molecule has 0 atom stereocenters. The quantitative estimate of drug-likeness (QED) is 0.740. The molecule has 2 N–H and O–H groups in total. The smallest absolute Gasteiger partial charge is 0.217 e. The van der Waals surface area contributed by atoms with Crippen LogP contribution in [0.15, 0.2) is 6.07 Å². The van der Waals surface area contributed by atoms with Crippen molar-refractivity contribution in [2.24, 2.45) is 5.92 Å². The minimum Gasteiger partial charge on any atom is -0.390 e. The van der Waals surface area contributed by atoms with Crippen molar-refractivity contribution >= 4 is 11.7 Å². The van der Waals surface area contributed by atoms with E-state index >= 15 is 0 Å². The van der Waals surface area contributed by atoms with Crippen molar-refractivity contribution in [2.45, 2.75) is 77.9 Å². The number of anilines is 1. The van der Waals surface area contributed by atoms with Gasteiger partial charge in [-0.2, -0.15) is 0 Å². The van der Waals surface area contributed by atoms with Crippen LogP contribution in [0.4, 0.5) is 5.82 Å². The van der Waals surface area contributed by atoms with Gasteiger partial charge in [-0.3, -0.25) is 9.69 Å². The van der Waals surface area contributed by atoms with Crippen LogP contribution in [0, 0.1) is 5.92 Å². The van der Waals surface area contributed by atoms with Crippen LogP contribution in [-0.2, 0) is 16.8 Å². The van der Waals surface area contributed by atoms with E-state index in [1.165, 1.54) is 19.3 Å². The van der Waals surface area contributed by atoms with E-state index in [1.54, 1.807) is 6.92 Å². The SMILES string of the molecule is CC(=O)N[C@H]1CC[C@H](CCN2CCN(c3cc(CO)nc(C(C)(C)C)n3)CC2)CC1. The van der Waals surface area contributed by atoms with E-state index in [1.807, 2.05) is 6.07 Å². The third-order valence-corrected chi connectivity index (χ3v) is 6.40. The number of amides is 1. The van der Waals surface area contributed by atoms with Gasteiger partial charge in [0.1, 0.15) is 11.6 Å². The summed E-state index contributed by atoms with van der Waals surface area (Å²) in [6, 6.07) is 2.32. The molecular formula is C23H39N5O2. The van der Waals surface area contributed by atoms with Gasteiger partial charge >= 0.3 is 0 Å². The molecule has 0 aromatic carbocycles. The van der Waals surface area contributed by atoms with E-state index in [9.17, 15) is 9.90 Å². The molecule has 2 aliphatic rings. The molecule has 7 heteroatoms. The van der Waals surface area contributed by atoms with Gasteiger partial charge in [-0.15, -0.1) is 0 Å². The number of aliphatic hydroxyl groups is 1. The highest BCUT2D eigenvalue weighted by Crippen LogP contribution is 2.28. The van der Waals surface area contributed by atoms with Gasteiger partial charge in [0.25, 0.3) is 0 Å². The Labute approximate surface area is 181 Å². The molecule has 0 unspecified atom stereocenters. The monoisotopic (exact) mass is 417 g/mol. The summed E-state index contributed by atoms with van der Waals surface area (Å²) in [5.74, 6) is 2.62. The Kier molecular flexibility index (Phi) is 7.69. The van der Waals surface area contributed by atoms with Crippen LogP contribution in [0.25, 0.3) is 0 Å². The average molecular weight is 418 g/mol. The summed E-state index contributed by atoms with van der Waals surface area (Å²) in [6.45, 7) is 13.0. The number of hydrogen-bond acceptors (Lipinski definition) is 6. The van der Waals surface area contributed by atoms with Crippen molar-refractivity contribution in [3.8, 4) is 0 Å². The molecule has 1 amide bonds. The first-order chi connectivity index (χ1) is 14.2. The van der Waals surface area contributed by atoms with E-state index in [0.717, 1.165) is 63.1 Å². The van der Waals surface area contributed by atoms with Gasteiger partial charge in [0.05, 0.1) is 12.3 Å². The standard InChI is InChI=1S/C23H39N5O2/c1-17(30)24-19-7-5-18(6-8-19)9-10-27-11-13-28(14-12-27)21-15-20(16-29)25-22(26-21)23(2,3)4/h15,18-19,29H,5-14,16H2,1-4H3,(H,24,30)/t18-,19-. The highest BCUT2D eigenvalue weighted by atomic mass is 16.3. The third-order valence-electron chi connectivity index (χ3n) is 6.40. The van der Waals surface area contributed by atoms with Crippen LogP contribution in [0.2, 0.25) is 0 Å². The van der Waals surface area contributed by atoms with Crippen LogP contribution in [0.1, 0.15) is 71.3 Å². The maximum atomic E-state index is 11.2. The maximum Gasteiger partial charge on any atom is 0.217 e. The number of aromatic nitrogens is 2. The van der Waals surface area contributed by atoms with Crippen molar-refractivity contribution in [1.29, 1.82) is 0 Å². The van der Waals surface area contributed by atoms with Crippen molar-refractivity contribution < 1.29 is 9.90 Å². The van der Waals surface area contributed by atoms with E-state index in [4.69, 9.17) is 4.98 Å². The summed E-state index contributed by atoms with van der Waals surface area (Å²) in [4.78, 5) is 25.4. The summed E-state index contributed by atoms with van der Waals surface area (Å²) in [5.41, 5.74) is 0.558. The summed E-state index contributed by atoms with van der Waals surface area (Å²) >= 11 is 0. The van der Waals surface area contributed by atoms with E-state index in [-0.39, 0.29) is 17.9 Å². The van der Waals surface area contributed by atoms with Crippen LogP contribution < -0.4 is 10.2 Å². The Hall–Kier alpha value is -1.73. The summed E-state index contributed by atoms with van der Waals surface area (Å²) in [7, 11) is 0. The highest BCUT2D eigenvalue weighted by molar-refractivity contribution is 5.73. The van der Waals surface area contributed by atoms with Gasteiger partial charge < -0.3 is 15.3 Å². The van der Waals surface area contributed by atoms with Crippen LogP contribution in [-0.4, -0.2) is 64.6 Å². The van der Waals surface area contributed by atoms with Crippen molar-refractivity contribution in [1.82, 2.24) is 20.2 Å². The third kappa shape index (κ3) is 6.38. The first-order valence-electron chi connectivity index (χ1n) is 11.5. The number of piperazine rings is 1. The molecule has 1 saturated heterocycles. The van der Waals surface area contributed by atoms with E-state index in [2.05, 4.69) is 40.9 Å². The Morgan fingerprint density at radius 1 is 1.13 bits per heavy atom. The molecule has 3 rings (SSSR count). The lowest BCUT2D eigenvalue weighted by molar-refractivity contribution is -0.119. The van der Waals surface area contributed by atoms with Gasteiger partial charge in [-0.25, -0.2) is 9.97 Å². The van der Waals surface area contributed by atoms with E-state index in [0.29, 0.717) is 11.7 Å². The lowest BCUT2D eigenvalue weighted by Gasteiger charge is -2.37. The van der Waals surface area contributed by atoms with Gasteiger partial charge in [0, 0.05) is 50.6 Å². The molecule has 0 bridgehead atoms. The molecular weight excluding hydrogens is 378 g/mol. The van der Waals surface area contributed by atoms with Gasteiger partial charge in [-0.05, 0) is 44.6 Å². The van der Waals surface area contributed by atoms with Crippen molar-refractivity contribution in [2.75, 3.05) is 37.6 Å². The second-order valence-electron chi connectivity index (χ2n) is 9.98. The average Bonchev–Trinajstić information content (AvgIpc) is 2.72. The molecule has 1 aromatic heterocycles. The second kappa shape index (κ2) is 10.1. The number of nitrogens with zero attached hydrogens (tertiary/aromatic N) is 4. The van der Waals surface area contributed by atoms with Crippen molar-refractivity contribution in [3.05, 3.63) is 17.6 Å². The summed E-state index contributed by atoms with van der Waals surface area (Å²) < 4.78 is 0. The normalized spacial score (nSPS) is 23.4. The molecule has 168 valence electrons. The number of aliphatic hydroxyl groups excluding tert-OH is 1. The predicted molar refractivity (Wildman–Crippen MR) is 119 cm³/mol. The first-order valence-corrected chi connectivity index (χ1v) is 11.5. The highest BCUT2D eigenvalue weighted by Gasteiger charge is 2.25. The zero-order valence-electron chi connectivity index (χ0n) is 19.2. The largest absolute Gasteiger partial charge is 0.390 e. The lowest BCUT2D eigenvalue weighted by Crippen LogP contribution is -2.47. The number of carbonyl (C=O) groups is 1. The minimum atomic E-state index is -0.138. The molecule has 2 heterocycles. The Balaban J connectivity index is 1.46. The Morgan fingerprint density at radius 2 is 1.80 bits per heavy atom. The number of rotatable bonds is 6. The maximum absolute atomic E-state index is 11.2. The molecule has 2 fully saturated rings. The zero-order valence-corrected chi connectivity index (χ0v) is 19.2.